The number of benzene rings is 1. The molecule has 0 fully saturated rings. The number of hydrogen-bond donors (Lipinski definition) is 1. The first-order chi connectivity index (χ1) is 12.8. The number of fused-ring (bicyclic) bond motifs is 1. The topological polar surface area (TPSA) is 54.9 Å². The SMILES string of the molecule is O=C(Nc1ccc2ncccc2c1)c1ccc(SCc2ccncc2)s1. The highest BCUT2D eigenvalue weighted by Crippen LogP contribution is 2.30. The molecule has 0 bridgehead atoms. The third kappa shape index (κ3) is 3.92. The molecule has 0 saturated carbocycles. The van der Waals surface area contributed by atoms with Crippen molar-refractivity contribution in [3.63, 3.8) is 0 Å². The summed E-state index contributed by atoms with van der Waals surface area (Å²) in [7, 11) is 0. The van der Waals surface area contributed by atoms with Crippen molar-refractivity contribution in [1.29, 1.82) is 0 Å². The highest BCUT2D eigenvalue weighted by Gasteiger charge is 2.10. The summed E-state index contributed by atoms with van der Waals surface area (Å²) >= 11 is 3.23. The van der Waals surface area contributed by atoms with Gasteiger partial charge in [0.15, 0.2) is 0 Å². The Labute approximate surface area is 159 Å². The van der Waals surface area contributed by atoms with Crippen LogP contribution in [0.15, 0.2) is 77.4 Å². The number of pyridine rings is 2. The Hall–Kier alpha value is -2.70. The maximum atomic E-state index is 12.5. The van der Waals surface area contributed by atoms with Crippen LogP contribution in [0, 0.1) is 0 Å². The van der Waals surface area contributed by atoms with Crippen molar-refractivity contribution in [3.8, 4) is 0 Å². The fourth-order valence-corrected chi connectivity index (χ4v) is 4.48. The van der Waals surface area contributed by atoms with Gasteiger partial charge in [-0.2, -0.15) is 0 Å². The lowest BCUT2D eigenvalue weighted by atomic mass is 10.2. The van der Waals surface area contributed by atoms with E-state index in [1.165, 1.54) is 16.9 Å². The number of amides is 1. The van der Waals surface area contributed by atoms with Gasteiger partial charge in [0.1, 0.15) is 0 Å². The Kier molecular flexibility index (Phi) is 4.95. The third-order valence-electron chi connectivity index (χ3n) is 3.80. The summed E-state index contributed by atoms with van der Waals surface area (Å²) in [5.74, 6) is 0.774. The van der Waals surface area contributed by atoms with E-state index in [1.807, 2.05) is 54.6 Å². The van der Waals surface area contributed by atoms with E-state index >= 15 is 0 Å². The molecule has 128 valence electrons. The Morgan fingerprint density at radius 2 is 1.92 bits per heavy atom. The molecule has 3 aromatic heterocycles. The van der Waals surface area contributed by atoms with Crippen LogP contribution in [0.2, 0.25) is 0 Å². The Morgan fingerprint density at radius 1 is 1.04 bits per heavy atom. The van der Waals surface area contributed by atoms with Crippen LogP contribution in [-0.2, 0) is 5.75 Å². The van der Waals surface area contributed by atoms with Crippen molar-refractivity contribution in [2.75, 3.05) is 5.32 Å². The third-order valence-corrected chi connectivity index (χ3v) is 6.18. The Bertz CT molecular complexity index is 1050. The Balaban J connectivity index is 1.42. The van der Waals surface area contributed by atoms with Crippen LogP contribution in [-0.4, -0.2) is 15.9 Å². The van der Waals surface area contributed by atoms with E-state index in [2.05, 4.69) is 15.3 Å². The van der Waals surface area contributed by atoms with Gasteiger partial charge in [-0.15, -0.1) is 23.1 Å². The van der Waals surface area contributed by atoms with E-state index in [0.717, 1.165) is 26.6 Å². The average molecular weight is 377 g/mol. The van der Waals surface area contributed by atoms with E-state index in [4.69, 9.17) is 0 Å². The van der Waals surface area contributed by atoms with Crippen molar-refractivity contribution >= 4 is 45.6 Å². The highest BCUT2D eigenvalue weighted by molar-refractivity contribution is 8.00. The van der Waals surface area contributed by atoms with E-state index in [1.54, 1.807) is 30.4 Å². The second kappa shape index (κ2) is 7.68. The van der Waals surface area contributed by atoms with Crippen LogP contribution in [0.3, 0.4) is 0 Å². The molecule has 0 atom stereocenters. The lowest BCUT2D eigenvalue weighted by Gasteiger charge is -2.05. The zero-order chi connectivity index (χ0) is 17.8. The zero-order valence-electron chi connectivity index (χ0n) is 13.8. The van der Waals surface area contributed by atoms with Gasteiger partial charge in [0.2, 0.25) is 0 Å². The van der Waals surface area contributed by atoms with Gasteiger partial charge >= 0.3 is 0 Å². The number of aromatic nitrogens is 2. The minimum atomic E-state index is -0.0889. The molecule has 0 aliphatic carbocycles. The molecule has 0 aliphatic heterocycles. The molecule has 0 saturated heterocycles. The second-order valence-corrected chi connectivity index (χ2v) is 7.99. The first-order valence-corrected chi connectivity index (χ1v) is 9.86. The average Bonchev–Trinajstić information content (AvgIpc) is 3.16. The van der Waals surface area contributed by atoms with Crippen LogP contribution in [0.4, 0.5) is 5.69 Å². The van der Waals surface area contributed by atoms with Crippen LogP contribution < -0.4 is 5.32 Å². The van der Waals surface area contributed by atoms with Gasteiger partial charge < -0.3 is 5.32 Å². The van der Waals surface area contributed by atoms with Gasteiger partial charge in [-0.05, 0) is 54.1 Å². The maximum Gasteiger partial charge on any atom is 0.265 e. The minimum Gasteiger partial charge on any atom is -0.321 e. The number of thioether (sulfide) groups is 1. The van der Waals surface area contributed by atoms with E-state index < -0.39 is 0 Å². The summed E-state index contributed by atoms with van der Waals surface area (Å²) in [6.07, 6.45) is 5.35. The molecule has 4 rings (SSSR count). The molecule has 0 radical (unpaired) electrons. The number of rotatable bonds is 5. The summed E-state index contributed by atoms with van der Waals surface area (Å²) in [5.41, 5.74) is 2.90. The van der Waals surface area contributed by atoms with Crippen molar-refractivity contribution < 1.29 is 4.79 Å². The summed E-state index contributed by atoms with van der Waals surface area (Å²) in [5, 5.41) is 3.97. The molecule has 1 aromatic carbocycles. The molecule has 0 spiro atoms. The van der Waals surface area contributed by atoms with Gasteiger partial charge in [0, 0.05) is 35.4 Å². The lowest BCUT2D eigenvalue weighted by molar-refractivity contribution is 0.103. The summed E-state index contributed by atoms with van der Waals surface area (Å²) < 4.78 is 1.12. The number of carbonyl (C=O) groups is 1. The lowest BCUT2D eigenvalue weighted by Crippen LogP contribution is -2.09. The van der Waals surface area contributed by atoms with Crippen molar-refractivity contribution in [2.24, 2.45) is 0 Å². The van der Waals surface area contributed by atoms with Crippen LogP contribution >= 0.6 is 23.1 Å². The number of hydrogen-bond acceptors (Lipinski definition) is 5. The molecule has 6 heteroatoms. The highest BCUT2D eigenvalue weighted by atomic mass is 32.2. The molecule has 0 unspecified atom stereocenters. The maximum absolute atomic E-state index is 12.5. The standard InChI is InChI=1S/C20H15N3OS2/c24-20(23-16-3-4-17-15(12-16)2-1-9-22-17)18-5-6-19(26-18)25-13-14-7-10-21-11-8-14/h1-12H,13H2,(H,23,24). The van der Waals surface area contributed by atoms with Crippen LogP contribution in [0.25, 0.3) is 10.9 Å². The molecular formula is C20H15N3OS2. The molecule has 26 heavy (non-hydrogen) atoms. The summed E-state index contributed by atoms with van der Waals surface area (Å²) in [6.45, 7) is 0. The van der Waals surface area contributed by atoms with E-state index in [-0.39, 0.29) is 5.91 Å². The fraction of sp³-hybridized carbons (Fsp3) is 0.0500. The van der Waals surface area contributed by atoms with Crippen molar-refractivity contribution in [3.05, 3.63) is 83.6 Å². The molecule has 3 heterocycles. The van der Waals surface area contributed by atoms with Crippen LogP contribution in [0.5, 0.6) is 0 Å². The van der Waals surface area contributed by atoms with Crippen LogP contribution in [0.1, 0.15) is 15.2 Å². The zero-order valence-corrected chi connectivity index (χ0v) is 15.4. The summed E-state index contributed by atoms with van der Waals surface area (Å²) in [4.78, 5) is 21.5. The normalized spacial score (nSPS) is 10.8. The quantitative estimate of drug-likeness (QED) is 0.484. The fourth-order valence-electron chi connectivity index (χ4n) is 2.50. The van der Waals surface area contributed by atoms with E-state index in [0.29, 0.717) is 4.88 Å². The van der Waals surface area contributed by atoms with Gasteiger partial charge in [-0.3, -0.25) is 14.8 Å². The predicted octanol–water partition coefficient (Wildman–Crippen LogP) is 5.24. The largest absolute Gasteiger partial charge is 0.321 e. The number of carbonyl (C=O) groups excluding carboxylic acids is 1. The molecule has 0 aliphatic rings. The first kappa shape index (κ1) is 16.8. The number of nitrogens with zero attached hydrogens (tertiary/aromatic N) is 2. The Morgan fingerprint density at radius 3 is 2.81 bits per heavy atom. The predicted molar refractivity (Wildman–Crippen MR) is 108 cm³/mol. The smallest absolute Gasteiger partial charge is 0.265 e. The van der Waals surface area contributed by atoms with Crippen molar-refractivity contribution in [1.82, 2.24) is 9.97 Å². The molecule has 1 amide bonds. The second-order valence-electron chi connectivity index (χ2n) is 5.63. The van der Waals surface area contributed by atoms with Crippen molar-refractivity contribution in [2.45, 2.75) is 9.96 Å². The summed E-state index contributed by atoms with van der Waals surface area (Å²) in [6, 6.07) is 17.5. The molecular weight excluding hydrogens is 362 g/mol. The van der Waals surface area contributed by atoms with Gasteiger partial charge in [0.25, 0.3) is 5.91 Å². The van der Waals surface area contributed by atoms with E-state index in [9.17, 15) is 4.79 Å². The molecule has 1 N–H and O–H groups in total. The van der Waals surface area contributed by atoms with Gasteiger partial charge in [0.05, 0.1) is 14.6 Å². The number of nitrogens with one attached hydrogen (secondary N) is 1. The number of thiophene rings is 1. The number of anilines is 1. The monoisotopic (exact) mass is 377 g/mol. The first-order valence-electron chi connectivity index (χ1n) is 8.06. The molecule has 4 nitrogen and oxygen atoms in total. The van der Waals surface area contributed by atoms with Gasteiger partial charge in [-0.25, -0.2) is 0 Å². The minimum absolute atomic E-state index is 0.0889. The molecule has 4 aromatic rings. The van der Waals surface area contributed by atoms with Gasteiger partial charge in [-0.1, -0.05) is 6.07 Å².